The molecule has 0 nitrogen and oxygen atoms in total. The second-order valence-electron chi connectivity index (χ2n) is 1.69. The third-order valence-electron chi connectivity index (χ3n) is 0.967. The number of allylic oxidation sites excluding steroid dienone is 1. The Balaban J connectivity index is 2.98. The van der Waals surface area contributed by atoms with Crippen LogP contribution in [0.25, 0.3) is 0 Å². The molecule has 1 unspecified atom stereocenters. The van der Waals surface area contributed by atoms with Crippen molar-refractivity contribution in [3.63, 3.8) is 0 Å². The van der Waals surface area contributed by atoms with Crippen LogP contribution in [0, 0.1) is 5.92 Å². The molecule has 0 aliphatic carbocycles. The van der Waals surface area contributed by atoms with Crippen LogP contribution >= 0.6 is 22.6 Å². The molecule has 0 rings (SSSR count). The summed E-state index contributed by atoms with van der Waals surface area (Å²) in [4.78, 5) is 0. The van der Waals surface area contributed by atoms with Crippen LogP contribution in [0.3, 0.4) is 0 Å². The van der Waals surface area contributed by atoms with Crippen LogP contribution in [0.2, 0.25) is 0 Å². The number of halogens is 1. The third-order valence-corrected chi connectivity index (χ3v) is 1.59. The fourth-order valence-corrected chi connectivity index (χ4v) is 1.27. The predicted molar refractivity (Wildman–Crippen MR) is 42.9 cm³/mol. The molecule has 1 atom stereocenters. The summed E-state index contributed by atoms with van der Waals surface area (Å²) in [6.45, 7) is 5.86. The summed E-state index contributed by atoms with van der Waals surface area (Å²) in [7, 11) is 0. The molecule has 0 amide bonds. The molecule has 0 aromatic heterocycles. The van der Waals surface area contributed by atoms with Gasteiger partial charge in [-0.3, -0.25) is 0 Å². The van der Waals surface area contributed by atoms with Gasteiger partial charge in [0.25, 0.3) is 0 Å². The zero-order valence-corrected chi connectivity index (χ0v) is 6.81. The second kappa shape index (κ2) is 4.62. The van der Waals surface area contributed by atoms with E-state index < -0.39 is 0 Å². The normalized spacial score (nSPS) is 13.4. The van der Waals surface area contributed by atoms with Crippen molar-refractivity contribution in [3.05, 3.63) is 12.7 Å². The van der Waals surface area contributed by atoms with Gasteiger partial charge in [0.05, 0.1) is 0 Å². The van der Waals surface area contributed by atoms with E-state index in [0.717, 1.165) is 0 Å². The van der Waals surface area contributed by atoms with Gasteiger partial charge >= 0.3 is 0 Å². The number of hydrogen-bond donors (Lipinski definition) is 0. The third kappa shape index (κ3) is 4.32. The van der Waals surface area contributed by atoms with E-state index in [1.165, 1.54) is 10.8 Å². The Morgan fingerprint density at radius 1 is 1.86 bits per heavy atom. The lowest BCUT2D eigenvalue weighted by atomic mass is 10.1. The summed E-state index contributed by atoms with van der Waals surface area (Å²) < 4.78 is 1.24. The first-order valence-corrected chi connectivity index (χ1v) is 4.02. The largest absolute Gasteiger partial charge is 0.103 e. The summed E-state index contributed by atoms with van der Waals surface area (Å²) in [5.41, 5.74) is 0. The number of alkyl halides is 1. The first-order valence-electron chi connectivity index (χ1n) is 2.49. The molecule has 0 aliphatic heterocycles. The van der Waals surface area contributed by atoms with Gasteiger partial charge in [0, 0.05) is 4.43 Å². The van der Waals surface area contributed by atoms with Gasteiger partial charge < -0.3 is 0 Å². The lowest BCUT2D eigenvalue weighted by Gasteiger charge is -1.97. The molecule has 0 saturated heterocycles. The smallest absolute Gasteiger partial charge is 0.0000769 e. The van der Waals surface area contributed by atoms with E-state index in [1.807, 2.05) is 6.08 Å². The topological polar surface area (TPSA) is 0 Å². The highest BCUT2D eigenvalue weighted by molar-refractivity contribution is 14.1. The van der Waals surface area contributed by atoms with Crippen molar-refractivity contribution >= 4 is 22.6 Å². The maximum absolute atomic E-state index is 3.68. The maximum atomic E-state index is 3.68. The summed E-state index contributed by atoms with van der Waals surface area (Å²) >= 11 is 2.38. The van der Waals surface area contributed by atoms with Gasteiger partial charge in [0.2, 0.25) is 0 Å². The molecule has 1 heteroatoms. The van der Waals surface area contributed by atoms with E-state index >= 15 is 0 Å². The Kier molecular flexibility index (Phi) is 4.94. The molecule has 0 fully saturated rings. The SMILES string of the molecule is C=CC(C)CCI. The molecule has 0 bridgehead atoms. The Hall–Kier alpha value is 0.470. The Bertz CT molecular complexity index is 50.1. The molecule has 7 heavy (non-hydrogen) atoms. The van der Waals surface area contributed by atoms with Crippen LogP contribution in [-0.4, -0.2) is 4.43 Å². The fraction of sp³-hybridized carbons (Fsp3) is 0.667. The molecule has 0 aromatic carbocycles. The lowest BCUT2D eigenvalue weighted by Crippen LogP contribution is -1.87. The van der Waals surface area contributed by atoms with Gasteiger partial charge in [-0.05, 0) is 12.3 Å². The van der Waals surface area contributed by atoms with Crippen molar-refractivity contribution in [2.24, 2.45) is 5.92 Å². The minimum Gasteiger partial charge on any atom is -0.103 e. The second-order valence-corrected chi connectivity index (χ2v) is 2.77. The van der Waals surface area contributed by atoms with Crippen LogP contribution in [0.4, 0.5) is 0 Å². The standard InChI is InChI=1S/C6H11I/c1-3-6(2)4-5-7/h3,6H,1,4-5H2,2H3. The maximum Gasteiger partial charge on any atom is 0.0000769 e. The fourth-order valence-electron chi connectivity index (χ4n) is 0.290. The predicted octanol–water partition coefficient (Wildman–Crippen LogP) is 2.63. The molecule has 0 spiro atoms. The molecule has 0 aliphatic rings. The van der Waals surface area contributed by atoms with Gasteiger partial charge in [-0.15, -0.1) is 6.58 Å². The first-order chi connectivity index (χ1) is 3.31. The summed E-state index contributed by atoms with van der Waals surface area (Å²) in [6.07, 6.45) is 3.27. The van der Waals surface area contributed by atoms with Crippen LogP contribution in [-0.2, 0) is 0 Å². The van der Waals surface area contributed by atoms with Crippen molar-refractivity contribution in [2.75, 3.05) is 4.43 Å². The minimum absolute atomic E-state index is 0.705. The molecule has 0 radical (unpaired) electrons. The van der Waals surface area contributed by atoms with Crippen molar-refractivity contribution in [1.82, 2.24) is 0 Å². The molecule has 0 saturated carbocycles. The van der Waals surface area contributed by atoms with Gasteiger partial charge in [-0.1, -0.05) is 35.6 Å². The van der Waals surface area contributed by atoms with E-state index in [9.17, 15) is 0 Å². The zero-order valence-electron chi connectivity index (χ0n) is 4.65. The van der Waals surface area contributed by atoms with E-state index in [0.29, 0.717) is 5.92 Å². The van der Waals surface area contributed by atoms with Crippen molar-refractivity contribution in [2.45, 2.75) is 13.3 Å². The summed E-state index contributed by atoms with van der Waals surface area (Å²) in [6, 6.07) is 0. The highest BCUT2D eigenvalue weighted by atomic mass is 127. The molecule has 0 aromatic rings. The van der Waals surface area contributed by atoms with Crippen molar-refractivity contribution < 1.29 is 0 Å². The van der Waals surface area contributed by atoms with E-state index in [2.05, 4.69) is 36.1 Å². The van der Waals surface area contributed by atoms with Crippen LogP contribution in [0.15, 0.2) is 12.7 Å². The van der Waals surface area contributed by atoms with E-state index in [-0.39, 0.29) is 0 Å². The Morgan fingerprint density at radius 2 is 2.43 bits per heavy atom. The van der Waals surface area contributed by atoms with Crippen molar-refractivity contribution in [3.8, 4) is 0 Å². The van der Waals surface area contributed by atoms with Crippen molar-refractivity contribution in [1.29, 1.82) is 0 Å². The van der Waals surface area contributed by atoms with Gasteiger partial charge in [0.15, 0.2) is 0 Å². The van der Waals surface area contributed by atoms with E-state index in [4.69, 9.17) is 0 Å². The Labute approximate surface area is 59.1 Å². The van der Waals surface area contributed by atoms with Gasteiger partial charge in [0.1, 0.15) is 0 Å². The average Bonchev–Trinajstić information content (AvgIpc) is 1.68. The van der Waals surface area contributed by atoms with Gasteiger partial charge in [-0.2, -0.15) is 0 Å². The van der Waals surface area contributed by atoms with Crippen LogP contribution < -0.4 is 0 Å². The first kappa shape index (κ1) is 7.47. The van der Waals surface area contributed by atoms with Crippen LogP contribution in [0.1, 0.15) is 13.3 Å². The minimum atomic E-state index is 0.705. The summed E-state index contributed by atoms with van der Waals surface area (Å²) in [5, 5.41) is 0. The monoisotopic (exact) mass is 210 g/mol. The van der Waals surface area contributed by atoms with Crippen LogP contribution in [0.5, 0.6) is 0 Å². The summed E-state index contributed by atoms with van der Waals surface area (Å²) in [5.74, 6) is 0.705. The quantitative estimate of drug-likeness (QED) is 0.381. The molecular formula is C6H11I. The molecular weight excluding hydrogens is 199 g/mol. The molecule has 42 valence electrons. The highest BCUT2D eigenvalue weighted by Crippen LogP contribution is 2.03. The Morgan fingerprint density at radius 3 is 2.57 bits per heavy atom. The average molecular weight is 210 g/mol. The molecule has 0 heterocycles. The van der Waals surface area contributed by atoms with Gasteiger partial charge in [-0.25, -0.2) is 0 Å². The number of hydrogen-bond acceptors (Lipinski definition) is 0. The van der Waals surface area contributed by atoms with E-state index in [1.54, 1.807) is 0 Å². The zero-order chi connectivity index (χ0) is 5.70. The lowest BCUT2D eigenvalue weighted by molar-refractivity contribution is 0.714. The highest BCUT2D eigenvalue weighted by Gasteiger charge is 1.89. The number of rotatable bonds is 3. The molecule has 0 N–H and O–H groups in total.